The van der Waals surface area contributed by atoms with Crippen molar-refractivity contribution >= 4 is 18.4 Å². The van der Waals surface area contributed by atoms with Gasteiger partial charge < -0.3 is 19.9 Å². The van der Waals surface area contributed by atoms with Gasteiger partial charge in [0.1, 0.15) is 17.9 Å². The van der Waals surface area contributed by atoms with E-state index in [1.165, 1.54) is 0 Å². The standard InChI is InChI=1S/C21H31F2NO4.ClH/c1-14-19(27-12-11-21(2,22)23)16(5-4-6-18(24)20(25)28-14)13-15-7-9-17(26-3)10-8-15;/h7-10,14,16,18-19H,4-6,11-13,24H2,1-3H3;1H/t14-,16+,18-,19-;/m0./s1. The highest BCUT2D eigenvalue weighted by molar-refractivity contribution is 5.85. The van der Waals surface area contributed by atoms with Crippen LogP contribution in [-0.4, -0.2) is 43.9 Å². The van der Waals surface area contributed by atoms with E-state index in [-0.39, 0.29) is 31.4 Å². The summed E-state index contributed by atoms with van der Waals surface area (Å²) < 4.78 is 43.0. The van der Waals surface area contributed by atoms with E-state index in [9.17, 15) is 13.6 Å². The van der Waals surface area contributed by atoms with Crippen molar-refractivity contribution in [3.05, 3.63) is 29.8 Å². The number of esters is 1. The molecule has 1 fully saturated rings. The molecular weight excluding hydrogens is 404 g/mol. The van der Waals surface area contributed by atoms with E-state index in [4.69, 9.17) is 19.9 Å². The molecule has 1 aromatic carbocycles. The van der Waals surface area contributed by atoms with Gasteiger partial charge in [0, 0.05) is 6.42 Å². The lowest BCUT2D eigenvalue weighted by Gasteiger charge is -2.31. The topological polar surface area (TPSA) is 70.8 Å². The van der Waals surface area contributed by atoms with Crippen molar-refractivity contribution in [1.29, 1.82) is 0 Å². The van der Waals surface area contributed by atoms with Gasteiger partial charge in [-0.25, -0.2) is 8.78 Å². The van der Waals surface area contributed by atoms with E-state index in [0.29, 0.717) is 12.8 Å². The molecule has 1 aliphatic heterocycles. The average molecular weight is 436 g/mol. The van der Waals surface area contributed by atoms with Crippen LogP contribution in [0.5, 0.6) is 5.75 Å². The summed E-state index contributed by atoms with van der Waals surface area (Å²) in [4.78, 5) is 12.1. The molecule has 0 aromatic heterocycles. The number of halogens is 3. The smallest absolute Gasteiger partial charge is 0.323 e. The van der Waals surface area contributed by atoms with Crippen molar-refractivity contribution in [3.8, 4) is 5.75 Å². The summed E-state index contributed by atoms with van der Waals surface area (Å²) in [6, 6.07) is 7.06. The zero-order valence-corrected chi connectivity index (χ0v) is 18.1. The quantitative estimate of drug-likeness (QED) is 0.651. The second-order valence-electron chi connectivity index (χ2n) is 7.65. The molecular formula is C21H32ClF2NO4. The van der Waals surface area contributed by atoms with Crippen LogP contribution in [0, 0.1) is 5.92 Å². The summed E-state index contributed by atoms with van der Waals surface area (Å²) in [6.45, 7) is 2.52. The summed E-state index contributed by atoms with van der Waals surface area (Å²) in [5, 5.41) is 0. The first-order chi connectivity index (χ1) is 13.2. The second kappa shape index (κ2) is 11.7. The number of rotatable bonds is 7. The van der Waals surface area contributed by atoms with Crippen LogP contribution in [0.1, 0.15) is 45.1 Å². The first-order valence-corrected chi connectivity index (χ1v) is 9.78. The van der Waals surface area contributed by atoms with Crippen LogP contribution in [0.3, 0.4) is 0 Å². The molecule has 0 aliphatic carbocycles. The Kier molecular flexibility index (Phi) is 10.3. The van der Waals surface area contributed by atoms with Crippen LogP contribution >= 0.6 is 12.4 Å². The Morgan fingerprint density at radius 3 is 2.48 bits per heavy atom. The van der Waals surface area contributed by atoms with Gasteiger partial charge in [-0.1, -0.05) is 18.6 Å². The summed E-state index contributed by atoms with van der Waals surface area (Å²) in [6.07, 6.45) is 1.32. The zero-order chi connectivity index (χ0) is 20.7. The lowest BCUT2D eigenvalue weighted by atomic mass is 9.87. The molecule has 4 atom stereocenters. The van der Waals surface area contributed by atoms with Gasteiger partial charge in [0.05, 0.1) is 19.8 Å². The van der Waals surface area contributed by atoms with Crippen molar-refractivity contribution < 1.29 is 27.8 Å². The summed E-state index contributed by atoms with van der Waals surface area (Å²) in [5.74, 6) is -2.48. The average Bonchev–Trinajstić information content (AvgIpc) is 2.67. The minimum atomic E-state index is -2.80. The molecule has 2 rings (SSSR count). The van der Waals surface area contributed by atoms with E-state index in [0.717, 1.165) is 31.1 Å². The second-order valence-corrected chi connectivity index (χ2v) is 7.65. The van der Waals surface area contributed by atoms with Crippen molar-refractivity contribution in [2.75, 3.05) is 13.7 Å². The highest BCUT2D eigenvalue weighted by atomic mass is 35.5. The van der Waals surface area contributed by atoms with Crippen molar-refractivity contribution in [2.24, 2.45) is 11.7 Å². The Hall–Kier alpha value is -1.44. The minimum absolute atomic E-state index is 0. The van der Waals surface area contributed by atoms with Gasteiger partial charge in [-0.15, -0.1) is 12.4 Å². The molecule has 1 aromatic rings. The van der Waals surface area contributed by atoms with Crippen LogP contribution in [0.15, 0.2) is 24.3 Å². The van der Waals surface area contributed by atoms with Gasteiger partial charge in [0.25, 0.3) is 0 Å². The molecule has 0 radical (unpaired) electrons. The number of carbonyl (C=O) groups is 1. The fourth-order valence-corrected chi connectivity index (χ4v) is 3.53. The fraction of sp³-hybridized carbons (Fsp3) is 0.667. The van der Waals surface area contributed by atoms with Crippen LogP contribution in [0.25, 0.3) is 0 Å². The van der Waals surface area contributed by atoms with E-state index in [2.05, 4.69) is 0 Å². The molecule has 166 valence electrons. The van der Waals surface area contributed by atoms with Crippen molar-refractivity contribution in [2.45, 2.75) is 70.1 Å². The molecule has 8 heteroatoms. The number of hydrogen-bond acceptors (Lipinski definition) is 5. The molecule has 1 aliphatic rings. The van der Waals surface area contributed by atoms with E-state index >= 15 is 0 Å². The number of ether oxygens (including phenoxy) is 3. The maximum atomic E-state index is 13.2. The normalized spacial score (nSPS) is 25.8. The Labute approximate surface area is 177 Å². The lowest BCUT2D eigenvalue weighted by molar-refractivity contribution is -0.161. The Balaban J connectivity index is 0.00000420. The molecule has 0 bridgehead atoms. The third-order valence-corrected chi connectivity index (χ3v) is 5.13. The highest BCUT2D eigenvalue weighted by Gasteiger charge is 2.34. The molecule has 0 unspecified atom stereocenters. The maximum Gasteiger partial charge on any atom is 0.323 e. The first kappa shape index (κ1) is 25.6. The zero-order valence-electron chi connectivity index (χ0n) is 17.2. The molecule has 0 amide bonds. The first-order valence-electron chi connectivity index (χ1n) is 9.78. The predicted octanol–water partition coefficient (Wildman–Crippen LogP) is 4.15. The molecule has 1 heterocycles. The van der Waals surface area contributed by atoms with Gasteiger partial charge in [-0.2, -0.15) is 0 Å². The number of alkyl halides is 2. The van der Waals surface area contributed by atoms with Crippen molar-refractivity contribution in [3.63, 3.8) is 0 Å². The van der Waals surface area contributed by atoms with Crippen LogP contribution < -0.4 is 10.5 Å². The third kappa shape index (κ3) is 8.44. The van der Waals surface area contributed by atoms with Crippen LogP contribution in [-0.2, 0) is 20.7 Å². The van der Waals surface area contributed by atoms with Gasteiger partial charge in [0.15, 0.2) is 0 Å². The van der Waals surface area contributed by atoms with Gasteiger partial charge in [0.2, 0.25) is 5.92 Å². The molecule has 0 saturated carbocycles. The number of hydrogen-bond donors (Lipinski definition) is 1. The molecule has 5 nitrogen and oxygen atoms in total. The minimum Gasteiger partial charge on any atom is -0.497 e. The predicted molar refractivity (Wildman–Crippen MR) is 110 cm³/mol. The summed E-state index contributed by atoms with van der Waals surface area (Å²) in [5.41, 5.74) is 6.97. The number of nitrogens with two attached hydrogens (primary N) is 1. The summed E-state index contributed by atoms with van der Waals surface area (Å²) >= 11 is 0. The van der Waals surface area contributed by atoms with Crippen LogP contribution in [0.4, 0.5) is 8.78 Å². The monoisotopic (exact) mass is 435 g/mol. The van der Waals surface area contributed by atoms with Gasteiger partial charge in [-0.3, -0.25) is 4.79 Å². The number of methoxy groups -OCH3 is 1. The van der Waals surface area contributed by atoms with Gasteiger partial charge >= 0.3 is 5.97 Å². The lowest BCUT2D eigenvalue weighted by Crippen LogP contribution is -2.41. The Morgan fingerprint density at radius 2 is 1.90 bits per heavy atom. The molecule has 1 saturated heterocycles. The molecule has 0 spiro atoms. The largest absolute Gasteiger partial charge is 0.497 e. The SMILES string of the molecule is COc1ccc(C[C@H]2CCC[C@H](N)C(=O)O[C@@H](C)[C@@H]2OCCC(C)(F)F)cc1.Cl. The molecule has 2 N–H and O–H groups in total. The Bertz CT molecular complexity index is 624. The Morgan fingerprint density at radius 1 is 1.24 bits per heavy atom. The fourth-order valence-electron chi connectivity index (χ4n) is 3.53. The molecule has 29 heavy (non-hydrogen) atoms. The number of benzene rings is 1. The van der Waals surface area contributed by atoms with Crippen LogP contribution in [0.2, 0.25) is 0 Å². The maximum absolute atomic E-state index is 13.2. The van der Waals surface area contributed by atoms with Gasteiger partial charge in [-0.05, 0) is 56.7 Å². The van der Waals surface area contributed by atoms with E-state index in [1.807, 2.05) is 24.3 Å². The highest BCUT2D eigenvalue weighted by Crippen LogP contribution is 2.28. The van der Waals surface area contributed by atoms with E-state index in [1.54, 1.807) is 14.0 Å². The summed E-state index contributed by atoms with van der Waals surface area (Å²) in [7, 11) is 1.61. The van der Waals surface area contributed by atoms with E-state index < -0.39 is 30.1 Å². The number of cyclic esters (lactones) is 1. The number of carbonyl (C=O) groups excluding carboxylic acids is 1. The third-order valence-electron chi connectivity index (χ3n) is 5.13. The van der Waals surface area contributed by atoms with Crippen molar-refractivity contribution in [1.82, 2.24) is 0 Å².